The van der Waals surface area contributed by atoms with Crippen LogP contribution in [0.2, 0.25) is 0 Å². The molecule has 0 spiro atoms. The third-order valence-electron chi connectivity index (χ3n) is 6.72. The van der Waals surface area contributed by atoms with Crippen molar-refractivity contribution in [2.24, 2.45) is 0 Å². The van der Waals surface area contributed by atoms with Gasteiger partial charge in [-0.15, -0.1) is 0 Å². The average Bonchev–Trinajstić information content (AvgIpc) is 3.09. The molecule has 1 heterocycles. The minimum atomic E-state index is -1.10. The summed E-state index contributed by atoms with van der Waals surface area (Å²) in [5, 5.41) is 10.7. The van der Waals surface area contributed by atoms with Gasteiger partial charge in [0.1, 0.15) is 18.0 Å². The molecule has 1 aromatic carbocycles. The number of fused-ring (bicyclic) bond motifs is 1. The summed E-state index contributed by atoms with van der Waals surface area (Å²) in [6.07, 6.45) is 12.0. The first-order valence-electron chi connectivity index (χ1n) is 11.4. The van der Waals surface area contributed by atoms with Gasteiger partial charge in [-0.05, 0) is 51.7 Å². The Labute approximate surface area is 174 Å². The molecule has 158 valence electrons. The van der Waals surface area contributed by atoms with Crippen molar-refractivity contribution in [2.75, 3.05) is 0 Å². The largest absolute Gasteiger partial charge is 0.383 e. The minimum absolute atomic E-state index is 0.192. The topological polar surface area (TPSA) is 58.4 Å². The summed E-state index contributed by atoms with van der Waals surface area (Å²) in [5.41, 5.74) is 0.657. The summed E-state index contributed by atoms with van der Waals surface area (Å²) >= 11 is 0. The maximum absolute atomic E-state index is 13.7. The van der Waals surface area contributed by atoms with Crippen LogP contribution in [0.5, 0.6) is 0 Å². The summed E-state index contributed by atoms with van der Waals surface area (Å²) in [6.45, 7) is 3.75. The summed E-state index contributed by atoms with van der Waals surface area (Å²) in [6, 6.07) is 8.62. The van der Waals surface area contributed by atoms with Gasteiger partial charge in [-0.2, -0.15) is 0 Å². The molecule has 0 unspecified atom stereocenters. The van der Waals surface area contributed by atoms with Gasteiger partial charge in [0.2, 0.25) is 5.91 Å². The third kappa shape index (κ3) is 4.35. The number of carbonyl (C=O) groups is 1. The second kappa shape index (κ2) is 8.47. The number of hydrogen-bond acceptors (Lipinski definition) is 3. The highest BCUT2D eigenvalue weighted by Gasteiger charge is 2.34. The molecule has 1 aromatic heterocycles. The Kier molecular flexibility index (Phi) is 5.95. The number of para-hydroxylation sites is 2. The van der Waals surface area contributed by atoms with Gasteiger partial charge in [-0.3, -0.25) is 4.79 Å². The SMILES string of the molecule is CC(C)(O)c1nc2ccccc2n1CC(=O)N(C1CCCCC1)C1CCCCC1. The summed E-state index contributed by atoms with van der Waals surface area (Å²) in [4.78, 5) is 20.6. The second-order valence-corrected chi connectivity index (χ2v) is 9.45. The van der Waals surface area contributed by atoms with Crippen molar-refractivity contribution < 1.29 is 9.90 Å². The first-order valence-corrected chi connectivity index (χ1v) is 11.4. The predicted octanol–water partition coefficient (Wildman–Crippen LogP) is 4.76. The number of hydrogen-bond donors (Lipinski definition) is 1. The molecule has 0 aliphatic heterocycles. The van der Waals surface area contributed by atoms with Gasteiger partial charge >= 0.3 is 0 Å². The first-order chi connectivity index (χ1) is 13.9. The number of aromatic nitrogens is 2. The standard InChI is InChI=1S/C24H35N3O2/c1-24(2,29)23-25-20-15-9-10-16-21(20)26(23)17-22(28)27(18-11-5-3-6-12-18)19-13-7-4-8-14-19/h9-10,15-16,18-19,29H,3-8,11-14,17H2,1-2H3. The number of carbonyl (C=O) groups excluding carboxylic acids is 1. The van der Waals surface area contributed by atoms with Crippen molar-refractivity contribution in [3.05, 3.63) is 30.1 Å². The summed E-state index contributed by atoms with van der Waals surface area (Å²) < 4.78 is 1.94. The molecule has 2 aromatic rings. The molecule has 1 amide bonds. The molecular formula is C24H35N3O2. The Morgan fingerprint density at radius 3 is 2.14 bits per heavy atom. The highest BCUT2D eigenvalue weighted by Crippen LogP contribution is 2.31. The zero-order valence-corrected chi connectivity index (χ0v) is 17.9. The van der Waals surface area contributed by atoms with E-state index >= 15 is 0 Å². The van der Waals surface area contributed by atoms with Crippen LogP contribution in [0.1, 0.15) is 83.9 Å². The van der Waals surface area contributed by atoms with Crippen molar-refractivity contribution in [3.8, 4) is 0 Å². The van der Waals surface area contributed by atoms with Gasteiger partial charge in [0, 0.05) is 12.1 Å². The summed E-state index contributed by atoms with van der Waals surface area (Å²) in [5.74, 6) is 0.761. The van der Waals surface area contributed by atoms with Gasteiger partial charge < -0.3 is 14.6 Å². The van der Waals surface area contributed by atoms with Crippen LogP contribution in [0.15, 0.2) is 24.3 Å². The number of imidazole rings is 1. The lowest BCUT2D eigenvalue weighted by molar-refractivity contribution is -0.138. The molecule has 5 heteroatoms. The fourth-order valence-electron chi connectivity index (χ4n) is 5.34. The molecule has 2 aliphatic rings. The summed E-state index contributed by atoms with van der Waals surface area (Å²) in [7, 11) is 0. The van der Waals surface area contributed by atoms with E-state index in [1.807, 2.05) is 28.8 Å². The monoisotopic (exact) mass is 397 g/mol. The van der Waals surface area contributed by atoms with E-state index in [0.29, 0.717) is 17.9 Å². The normalized spacial score (nSPS) is 19.6. The fourth-order valence-corrected chi connectivity index (χ4v) is 5.34. The maximum Gasteiger partial charge on any atom is 0.243 e. The van der Waals surface area contributed by atoms with Crippen LogP contribution in [0, 0.1) is 0 Å². The van der Waals surface area contributed by atoms with E-state index in [1.165, 1.54) is 38.5 Å². The molecule has 0 saturated heterocycles. The van der Waals surface area contributed by atoms with Crippen molar-refractivity contribution in [3.63, 3.8) is 0 Å². The van der Waals surface area contributed by atoms with E-state index in [2.05, 4.69) is 9.88 Å². The van der Waals surface area contributed by atoms with Gasteiger partial charge in [-0.1, -0.05) is 50.7 Å². The lowest BCUT2D eigenvalue weighted by Crippen LogP contribution is -2.50. The minimum Gasteiger partial charge on any atom is -0.383 e. The predicted molar refractivity (Wildman–Crippen MR) is 116 cm³/mol. The first kappa shape index (κ1) is 20.4. The average molecular weight is 398 g/mol. The van der Waals surface area contributed by atoms with Crippen molar-refractivity contribution in [1.29, 1.82) is 0 Å². The number of amides is 1. The molecule has 29 heavy (non-hydrogen) atoms. The van der Waals surface area contributed by atoms with Gasteiger partial charge in [0.05, 0.1) is 11.0 Å². The Morgan fingerprint density at radius 1 is 1.03 bits per heavy atom. The number of rotatable bonds is 5. The number of nitrogens with zero attached hydrogens (tertiary/aromatic N) is 3. The van der Waals surface area contributed by atoms with Crippen molar-refractivity contribution in [1.82, 2.24) is 14.5 Å². The zero-order valence-electron chi connectivity index (χ0n) is 17.9. The van der Waals surface area contributed by atoms with Crippen LogP contribution in [0.4, 0.5) is 0 Å². The van der Waals surface area contributed by atoms with Crippen LogP contribution < -0.4 is 0 Å². The van der Waals surface area contributed by atoms with E-state index < -0.39 is 5.60 Å². The van der Waals surface area contributed by atoms with Crippen molar-refractivity contribution >= 4 is 16.9 Å². The molecule has 2 saturated carbocycles. The molecule has 5 nitrogen and oxygen atoms in total. The molecular weight excluding hydrogens is 362 g/mol. The Balaban J connectivity index is 1.66. The van der Waals surface area contributed by atoms with Crippen molar-refractivity contribution in [2.45, 2.75) is 102 Å². The Bertz CT molecular complexity index is 821. The lowest BCUT2D eigenvalue weighted by atomic mass is 9.88. The van der Waals surface area contributed by atoms with Crippen LogP contribution in [0.3, 0.4) is 0 Å². The zero-order chi connectivity index (χ0) is 20.4. The molecule has 2 aliphatic carbocycles. The van der Waals surface area contributed by atoms with E-state index in [4.69, 9.17) is 0 Å². The van der Waals surface area contributed by atoms with Crippen LogP contribution in [-0.2, 0) is 16.9 Å². The van der Waals surface area contributed by atoms with Crippen LogP contribution >= 0.6 is 0 Å². The highest BCUT2D eigenvalue weighted by atomic mass is 16.3. The fraction of sp³-hybridized carbons (Fsp3) is 0.667. The molecule has 1 N–H and O–H groups in total. The highest BCUT2D eigenvalue weighted by molar-refractivity contribution is 5.81. The van der Waals surface area contributed by atoms with E-state index in [1.54, 1.807) is 13.8 Å². The lowest BCUT2D eigenvalue weighted by Gasteiger charge is -2.42. The van der Waals surface area contributed by atoms with E-state index in [-0.39, 0.29) is 12.5 Å². The molecule has 0 bridgehead atoms. The smallest absolute Gasteiger partial charge is 0.243 e. The maximum atomic E-state index is 13.7. The number of benzene rings is 1. The van der Waals surface area contributed by atoms with E-state index in [9.17, 15) is 9.90 Å². The van der Waals surface area contributed by atoms with Gasteiger partial charge in [-0.25, -0.2) is 4.98 Å². The Hall–Kier alpha value is -1.88. The quantitative estimate of drug-likeness (QED) is 0.791. The molecule has 0 atom stereocenters. The third-order valence-corrected chi connectivity index (χ3v) is 6.72. The van der Waals surface area contributed by atoms with Gasteiger partial charge in [0.25, 0.3) is 0 Å². The van der Waals surface area contributed by atoms with E-state index in [0.717, 1.165) is 36.7 Å². The molecule has 0 radical (unpaired) electrons. The molecule has 2 fully saturated rings. The van der Waals surface area contributed by atoms with Crippen LogP contribution in [-0.4, -0.2) is 37.5 Å². The second-order valence-electron chi connectivity index (χ2n) is 9.45. The van der Waals surface area contributed by atoms with Crippen LogP contribution in [0.25, 0.3) is 11.0 Å². The van der Waals surface area contributed by atoms with Gasteiger partial charge in [0.15, 0.2) is 0 Å². The molecule has 4 rings (SSSR count). The number of aliphatic hydroxyl groups is 1. The Morgan fingerprint density at radius 2 is 1.59 bits per heavy atom.